The molecule has 0 amide bonds. The third kappa shape index (κ3) is 3.03. The number of ether oxygens (including phenoxy) is 1. The van der Waals surface area contributed by atoms with E-state index in [0.29, 0.717) is 11.8 Å². The molecule has 2 aromatic rings. The van der Waals surface area contributed by atoms with Crippen LogP contribution in [-0.2, 0) is 0 Å². The molecule has 6 heteroatoms. The SMILES string of the molecule is Cc1ccc(Oc2ccnc(N(C)C)n2)c(C(=O)O)c1. The van der Waals surface area contributed by atoms with Crippen molar-refractivity contribution in [3.8, 4) is 11.6 Å². The molecule has 0 aliphatic rings. The molecule has 0 atom stereocenters. The zero-order valence-electron chi connectivity index (χ0n) is 11.5. The average Bonchev–Trinajstić information content (AvgIpc) is 2.41. The summed E-state index contributed by atoms with van der Waals surface area (Å²) < 4.78 is 5.56. The zero-order valence-corrected chi connectivity index (χ0v) is 11.5. The van der Waals surface area contributed by atoms with Gasteiger partial charge in [-0.3, -0.25) is 0 Å². The molecule has 2 rings (SSSR count). The van der Waals surface area contributed by atoms with E-state index < -0.39 is 5.97 Å². The Hall–Kier alpha value is -2.63. The van der Waals surface area contributed by atoms with Crippen LogP contribution in [0.15, 0.2) is 30.5 Å². The van der Waals surface area contributed by atoms with Gasteiger partial charge in [0.25, 0.3) is 0 Å². The first-order valence-electron chi connectivity index (χ1n) is 5.99. The molecule has 1 aromatic heterocycles. The highest BCUT2D eigenvalue weighted by molar-refractivity contribution is 5.91. The van der Waals surface area contributed by atoms with Crippen LogP contribution in [0.5, 0.6) is 11.6 Å². The monoisotopic (exact) mass is 273 g/mol. The summed E-state index contributed by atoms with van der Waals surface area (Å²) in [5, 5.41) is 9.19. The van der Waals surface area contributed by atoms with E-state index in [0.717, 1.165) is 5.56 Å². The lowest BCUT2D eigenvalue weighted by Crippen LogP contribution is -2.12. The van der Waals surface area contributed by atoms with Gasteiger partial charge in [0.05, 0.1) is 0 Å². The number of aryl methyl sites for hydroxylation is 1. The Morgan fingerprint density at radius 2 is 2.05 bits per heavy atom. The smallest absolute Gasteiger partial charge is 0.339 e. The van der Waals surface area contributed by atoms with Gasteiger partial charge in [0.2, 0.25) is 11.8 Å². The van der Waals surface area contributed by atoms with Crippen LogP contribution in [0.1, 0.15) is 15.9 Å². The molecule has 0 aliphatic heterocycles. The summed E-state index contributed by atoms with van der Waals surface area (Å²) in [6.07, 6.45) is 1.56. The van der Waals surface area contributed by atoms with E-state index in [1.807, 2.05) is 21.0 Å². The molecule has 0 aliphatic carbocycles. The molecular formula is C14H15N3O3. The molecule has 0 unspecified atom stereocenters. The minimum absolute atomic E-state index is 0.106. The summed E-state index contributed by atoms with van der Waals surface area (Å²) >= 11 is 0. The Bertz CT molecular complexity index is 641. The summed E-state index contributed by atoms with van der Waals surface area (Å²) in [6.45, 7) is 1.82. The van der Waals surface area contributed by atoms with E-state index in [9.17, 15) is 9.90 Å². The van der Waals surface area contributed by atoms with Crippen LogP contribution in [0.25, 0.3) is 0 Å². The maximum absolute atomic E-state index is 11.2. The summed E-state index contributed by atoms with van der Waals surface area (Å²) in [7, 11) is 3.63. The Morgan fingerprint density at radius 3 is 2.70 bits per heavy atom. The average molecular weight is 273 g/mol. The van der Waals surface area contributed by atoms with Crippen molar-refractivity contribution in [1.82, 2.24) is 9.97 Å². The van der Waals surface area contributed by atoms with Crippen molar-refractivity contribution in [3.63, 3.8) is 0 Å². The number of benzene rings is 1. The van der Waals surface area contributed by atoms with E-state index in [1.54, 1.807) is 35.4 Å². The van der Waals surface area contributed by atoms with Crippen molar-refractivity contribution in [2.24, 2.45) is 0 Å². The number of hydrogen-bond donors (Lipinski definition) is 1. The molecule has 0 spiro atoms. The lowest BCUT2D eigenvalue weighted by molar-refractivity contribution is 0.0694. The zero-order chi connectivity index (χ0) is 14.7. The molecule has 0 bridgehead atoms. The Labute approximate surface area is 116 Å². The number of hydrogen-bond acceptors (Lipinski definition) is 5. The minimum atomic E-state index is -1.04. The third-order valence-corrected chi connectivity index (χ3v) is 2.60. The second-order valence-electron chi connectivity index (χ2n) is 4.50. The molecular weight excluding hydrogens is 258 g/mol. The van der Waals surface area contributed by atoms with E-state index in [-0.39, 0.29) is 11.3 Å². The van der Waals surface area contributed by atoms with Gasteiger partial charge in [-0.1, -0.05) is 11.6 Å². The Morgan fingerprint density at radius 1 is 1.30 bits per heavy atom. The maximum atomic E-state index is 11.2. The number of aromatic nitrogens is 2. The maximum Gasteiger partial charge on any atom is 0.339 e. The van der Waals surface area contributed by atoms with Gasteiger partial charge in [0.1, 0.15) is 11.3 Å². The lowest BCUT2D eigenvalue weighted by atomic mass is 10.1. The fourth-order valence-corrected chi connectivity index (χ4v) is 1.62. The van der Waals surface area contributed by atoms with Crippen LogP contribution in [0.4, 0.5) is 5.95 Å². The van der Waals surface area contributed by atoms with Crippen LogP contribution >= 0.6 is 0 Å². The third-order valence-electron chi connectivity index (χ3n) is 2.60. The van der Waals surface area contributed by atoms with Crippen LogP contribution in [0.3, 0.4) is 0 Å². The standard InChI is InChI=1S/C14H15N3O3/c1-9-4-5-11(10(8-9)13(18)19)20-12-6-7-15-14(16-12)17(2)3/h4-8H,1-3H3,(H,18,19). The molecule has 1 heterocycles. The van der Waals surface area contributed by atoms with Gasteiger partial charge in [0.15, 0.2) is 0 Å². The second kappa shape index (κ2) is 5.56. The molecule has 0 saturated heterocycles. The highest BCUT2D eigenvalue weighted by Gasteiger charge is 2.13. The van der Waals surface area contributed by atoms with Crippen LogP contribution in [0, 0.1) is 6.92 Å². The highest BCUT2D eigenvalue weighted by atomic mass is 16.5. The van der Waals surface area contributed by atoms with Crippen molar-refractivity contribution in [2.75, 3.05) is 19.0 Å². The quantitative estimate of drug-likeness (QED) is 0.921. The molecule has 1 N–H and O–H groups in total. The molecule has 104 valence electrons. The first-order chi connectivity index (χ1) is 9.47. The van der Waals surface area contributed by atoms with Crippen LogP contribution < -0.4 is 9.64 Å². The van der Waals surface area contributed by atoms with Gasteiger partial charge in [-0.25, -0.2) is 9.78 Å². The number of rotatable bonds is 4. The number of anilines is 1. The van der Waals surface area contributed by atoms with Crippen molar-refractivity contribution >= 4 is 11.9 Å². The first kappa shape index (κ1) is 13.8. The summed E-state index contributed by atoms with van der Waals surface area (Å²) in [5.74, 6) is 0.0126. The highest BCUT2D eigenvalue weighted by Crippen LogP contribution is 2.25. The number of nitrogens with zero attached hydrogens (tertiary/aromatic N) is 3. The number of aromatic carboxylic acids is 1. The number of carboxylic acids is 1. The molecule has 0 fully saturated rings. The van der Waals surface area contributed by atoms with E-state index >= 15 is 0 Å². The molecule has 0 radical (unpaired) electrons. The minimum Gasteiger partial charge on any atom is -0.478 e. The molecule has 0 saturated carbocycles. The predicted octanol–water partition coefficient (Wildman–Crippen LogP) is 2.34. The fourth-order valence-electron chi connectivity index (χ4n) is 1.62. The van der Waals surface area contributed by atoms with E-state index in [4.69, 9.17) is 4.74 Å². The number of carbonyl (C=O) groups is 1. The van der Waals surface area contributed by atoms with Gasteiger partial charge in [0, 0.05) is 26.4 Å². The molecule has 20 heavy (non-hydrogen) atoms. The van der Waals surface area contributed by atoms with Crippen molar-refractivity contribution in [3.05, 3.63) is 41.6 Å². The van der Waals surface area contributed by atoms with Crippen molar-refractivity contribution in [2.45, 2.75) is 6.92 Å². The first-order valence-corrected chi connectivity index (χ1v) is 5.99. The van der Waals surface area contributed by atoms with Gasteiger partial charge in [-0.15, -0.1) is 0 Å². The predicted molar refractivity (Wildman–Crippen MR) is 74.6 cm³/mol. The molecule has 6 nitrogen and oxygen atoms in total. The van der Waals surface area contributed by atoms with Crippen LogP contribution in [0.2, 0.25) is 0 Å². The topological polar surface area (TPSA) is 75.5 Å². The van der Waals surface area contributed by atoms with E-state index in [1.165, 1.54) is 0 Å². The molecule has 1 aromatic carbocycles. The largest absolute Gasteiger partial charge is 0.478 e. The number of carboxylic acid groups (broad SMARTS) is 1. The van der Waals surface area contributed by atoms with Gasteiger partial charge < -0.3 is 14.7 Å². The summed E-state index contributed by atoms with van der Waals surface area (Å²) in [4.78, 5) is 21.2. The normalized spacial score (nSPS) is 10.2. The van der Waals surface area contributed by atoms with Gasteiger partial charge in [-0.05, 0) is 19.1 Å². The van der Waals surface area contributed by atoms with Gasteiger partial charge in [-0.2, -0.15) is 4.98 Å². The second-order valence-corrected chi connectivity index (χ2v) is 4.50. The summed E-state index contributed by atoms with van der Waals surface area (Å²) in [5.41, 5.74) is 0.960. The Kier molecular flexibility index (Phi) is 3.84. The van der Waals surface area contributed by atoms with E-state index in [2.05, 4.69) is 9.97 Å². The van der Waals surface area contributed by atoms with Crippen molar-refractivity contribution < 1.29 is 14.6 Å². The van der Waals surface area contributed by atoms with Crippen LogP contribution in [-0.4, -0.2) is 35.1 Å². The fraction of sp³-hybridized carbons (Fsp3) is 0.214. The lowest BCUT2D eigenvalue weighted by Gasteiger charge is -2.12. The van der Waals surface area contributed by atoms with Crippen molar-refractivity contribution in [1.29, 1.82) is 0 Å². The summed E-state index contributed by atoms with van der Waals surface area (Å²) in [6, 6.07) is 6.55. The Balaban J connectivity index is 2.35. The van der Waals surface area contributed by atoms with Gasteiger partial charge >= 0.3 is 5.97 Å².